The third-order valence-electron chi connectivity index (χ3n) is 2.64. The zero-order chi connectivity index (χ0) is 12.7. The SMILES string of the molecule is CCN(CC)c1ccc(C(=O)NCCBr)cc1. The van der Waals surface area contributed by atoms with Gasteiger partial charge >= 0.3 is 0 Å². The van der Waals surface area contributed by atoms with Crippen molar-refractivity contribution in [1.82, 2.24) is 5.32 Å². The molecule has 3 nitrogen and oxygen atoms in total. The van der Waals surface area contributed by atoms with E-state index in [-0.39, 0.29) is 5.91 Å². The number of alkyl halides is 1. The molecule has 0 saturated carbocycles. The van der Waals surface area contributed by atoms with Crippen LogP contribution in [0.25, 0.3) is 0 Å². The van der Waals surface area contributed by atoms with Gasteiger partial charge in [-0.3, -0.25) is 4.79 Å². The summed E-state index contributed by atoms with van der Waals surface area (Å²) < 4.78 is 0. The number of carbonyl (C=O) groups is 1. The quantitative estimate of drug-likeness (QED) is 0.819. The molecule has 1 aromatic carbocycles. The second-order valence-corrected chi connectivity index (χ2v) is 4.46. The van der Waals surface area contributed by atoms with Crippen molar-refractivity contribution in [2.45, 2.75) is 13.8 Å². The average Bonchev–Trinajstić information content (AvgIpc) is 2.38. The van der Waals surface area contributed by atoms with Crippen molar-refractivity contribution < 1.29 is 4.79 Å². The first kappa shape index (κ1) is 14.0. The number of halogens is 1. The molecule has 0 spiro atoms. The lowest BCUT2D eigenvalue weighted by molar-refractivity contribution is 0.0956. The molecule has 1 rings (SSSR count). The maximum Gasteiger partial charge on any atom is 0.251 e. The Labute approximate surface area is 111 Å². The second-order valence-electron chi connectivity index (χ2n) is 3.66. The van der Waals surface area contributed by atoms with Gasteiger partial charge in [-0.05, 0) is 38.1 Å². The van der Waals surface area contributed by atoms with E-state index in [1.165, 1.54) is 0 Å². The smallest absolute Gasteiger partial charge is 0.251 e. The molecule has 0 heterocycles. The summed E-state index contributed by atoms with van der Waals surface area (Å²) in [5, 5.41) is 3.60. The third-order valence-corrected chi connectivity index (χ3v) is 3.03. The van der Waals surface area contributed by atoms with Crippen molar-refractivity contribution in [3.63, 3.8) is 0 Å². The molecule has 0 saturated heterocycles. The predicted octanol–water partition coefficient (Wildman–Crippen LogP) is 2.66. The van der Waals surface area contributed by atoms with E-state index in [4.69, 9.17) is 0 Å². The Bertz CT molecular complexity index is 347. The zero-order valence-electron chi connectivity index (χ0n) is 10.4. The van der Waals surface area contributed by atoms with Gasteiger partial charge in [0.1, 0.15) is 0 Å². The molecule has 0 radical (unpaired) electrons. The van der Waals surface area contributed by atoms with Crippen molar-refractivity contribution in [2.24, 2.45) is 0 Å². The summed E-state index contributed by atoms with van der Waals surface area (Å²) in [4.78, 5) is 13.9. The number of nitrogens with one attached hydrogen (secondary N) is 1. The lowest BCUT2D eigenvalue weighted by Gasteiger charge is -2.21. The van der Waals surface area contributed by atoms with Crippen molar-refractivity contribution in [1.29, 1.82) is 0 Å². The average molecular weight is 299 g/mol. The first-order chi connectivity index (χ1) is 8.22. The molecular formula is C13H19BrN2O. The number of rotatable bonds is 6. The van der Waals surface area contributed by atoms with Crippen LogP contribution in [-0.2, 0) is 0 Å². The van der Waals surface area contributed by atoms with E-state index >= 15 is 0 Å². The number of benzene rings is 1. The van der Waals surface area contributed by atoms with E-state index in [1.807, 2.05) is 24.3 Å². The van der Waals surface area contributed by atoms with Gasteiger partial charge in [0.15, 0.2) is 0 Å². The van der Waals surface area contributed by atoms with Gasteiger partial charge in [-0.2, -0.15) is 0 Å². The van der Waals surface area contributed by atoms with Crippen molar-refractivity contribution in [3.05, 3.63) is 29.8 Å². The highest BCUT2D eigenvalue weighted by atomic mass is 79.9. The maximum atomic E-state index is 11.7. The monoisotopic (exact) mass is 298 g/mol. The minimum atomic E-state index is -0.0180. The van der Waals surface area contributed by atoms with Gasteiger partial charge in [-0.25, -0.2) is 0 Å². The highest BCUT2D eigenvalue weighted by molar-refractivity contribution is 9.09. The number of hydrogen-bond acceptors (Lipinski definition) is 2. The van der Waals surface area contributed by atoms with Crippen LogP contribution in [0.5, 0.6) is 0 Å². The third kappa shape index (κ3) is 4.04. The number of anilines is 1. The molecule has 0 atom stereocenters. The highest BCUT2D eigenvalue weighted by Crippen LogP contribution is 2.14. The number of hydrogen-bond donors (Lipinski definition) is 1. The van der Waals surface area contributed by atoms with Crippen LogP contribution >= 0.6 is 15.9 Å². The zero-order valence-corrected chi connectivity index (χ0v) is 12.0. The summed E-state index contributed by atoms with van der Waals surface area (Å²) in [6, 6.07) is 7.74. The Hall–Kier alpha value is -1.03. The summed E-state index contributed by atoms with van der Waals surface area (Å²) in [5.74, 6) is -0.0180. The maximum absolute atomic E-state index is 11.7. The lowest BCUT2D eigenvalue weighted by Crippen LogP contribution is -2.25. The van der Waals surface area contributed by atoms with E-state index in [0.717, 1.165) is 24.1 Å². The van der Waals surface area contributed by atoms with Crippen LogP contribution in [0.1, 0.15) is 24.2 Å². The van der Waals surface area contributed by atoms with E-state index in [9.17, 15) is 4.79 Å². The molecule has 1 N–H and O–H groups in total. The normalized spacial score (nSPS) is 10.1. The van der Waals surface area contributed by atoms with Crippen LogP contribution in [0.2, 0.25) is 0 Å². The Morgan fingerprint density at radius 3 is 2.29 bits per heavy atom. The molecule has 17 heavy (non-hydrogen) atoms. The van der Waals surface area contributed by atoms with Crippen LogP contribution < -0.4 is 10.2 Å². The molecule has 0 aliphatic heterocycles. The summed E-state index contributed by atoms with van der Waals surface area (Å²) in [6.45, 7) is 6.86. The van der Waals surface area contributed by atoms with E-state index in [2.05, 4.69) is 40.0 Å². The molecule has 0 unspecified atom stereocenters. The fraction of sp³-hybridized carbons (Fsp3) is 0.462. The second kappa shape index (κ2) is 7.33. The van der Waals surface area contributed by atoms with Crippen molar-refractivity contribution in [3.8, 4) is 0 Å². The topological polar surface area (TPSA) is 32.3 Å². The molecular weight excluding hydrogens is 280 g/mol. The minimum absolute atomic E-state index is 0.0180. The largest absolute Gasteiger partial charge is 0.372 e. The minimum Gasteiger partial charge on any atom is -0.372 e. The van der Waals surface area contributed by atoms with Crippen molar-refractivity contribution in [2.75, 3.05) is 29.9 Å². The molecule has 4 heteroatoms. The van der Waals surface area contributed by atoms with E-state index < -0.39 is 0 Å². The Balaban J connectivity index is 2.70. The fourth-order valence-corrected chi connectivity index (χ4v) is 1.87. The van der Waals surface area contributed by atoms with Crippen LogP contribution in [-0.4, -0.2) is 30.9 Å². The van der Waals surface area contributed by atoms with Crippen LogP contribution in [0.4, 0.5) is 5.69 Å². The van der Waals surface area contributed by atoms with Gasteiger partial charge in [-0.15, -0.1) is 0 Å². The predicted molar refractivity (Wildman–Crippen MR) is 76.1 cm³/mol. The highest BCUT2D eigenvalue weighted by Gasteiger charge is 2.06. The number of amides is 1. The number of carbonyl (C=O) groups excluding carboxylic acids is 1. The summed E-state index contributed by atoms with van der Waals surface area (Å²) in [7, 11) is 0. The van der Waals surface area contributed by atoms with Gasteiger partial charge in [0.25, 0.3) is 5.91 Å². The Morgan fingerprint density at radius 1 is 1.24 bits per heavy atom. The number of nitrogens with zero attached hydrogens (tertiary/aromatic N) is 1. The van der Waals surface area contributed by atoms with Crippen LogP contribution in [0.15, 0.2) is 24.3 Å². The standard InChI is InChI=1S/C13H19BrN2O/c1-3-16(4-2)12-7-5-11(6-8-12)13(17)15-10-9-14/h5-8H,3-4,9-10H2,1-2H3,(H,15,17). The van der Waals surface area contributed by atoms with Crippen molar-refractivity contribution >= 4 is 27.5 Å². The summed E-state index contributed by atoms with van der Waals surface area (Å²) in [6.07, 6.45) is 0. The van der Waals surface area contributed by atoms with E-state index in [0.29, 0.717) is 12.1 Å². The Morgan fingerprint density at radius 2 is 1.82 bits per heavy atom. The Kier molecular flexibility index (Phi) is 6.05. The van der Waals surface area contributed by atoms with Gasteiger partial charge in [0.2, 0.25) is 0 Å². The lowest BCUT2D eigenvalue weighted by atomic mass is 10.2. The van der Waals surface area contributed by atoms with Crippen LogP contribution in [0, 0.1) is 0 Å². The van der Waals surface area contributed by atoms with Gasteiger partial charge in [0, 0.05) is 36.2 Å². The summed E-state index contributed by atoms with van der Waals surface area (Å²) in [5.41, 5.74) is 1.87. The molecule has 0 fully saturated rings. The fourth-order valence-electron chi connectivity index (χ4n) is 1.68. The molecule has 0 aromatic heterocycles. The molecule has 94 valence electrons. The first-order valence-electron chi connectivity index (χ1n) is 5.92. The molecule has 0 aliphatic rings. The molecule has 0 aliphatic carbocycles. The summed E-state index contributed by atoms with van der Waals surface area (Å²) >= 11 is 3.28. The molecule has 1 amide bonds. The molecule has 1 aromatic rings. The van der Waals surface area contributed by atoms with Crippen LogP contribution in [0.3, 0.4) is 0 Å². The first-order valence-corrected chi connectivity index (χ1v) is 7.04. The van der Waals surface area contributed by atoms with Gasteiger partial charge in [0.05, 0.1) is 0 Å². The van der Waals surface area contributed by atoms with E-state index in [1.54, 1.807) is 0 Å². The van der Waals surface area contributed by atoms with Gasteiger partial charge in [-0.1, -0.05) is 15.9 Å². The molecule has 0 bridgehead atoms. The van der Waals surface area contributed by atoms with Gasteiger partial charge < -0.3 is 10.2 Å².